The van der Waals surface area contributed by atoms with Crippen molar-refractivity contribution in [2.45, 2.75) is 45.2 Å². The molecule has 1 atom stereocenters. The van der Waals surface area contributed by atoms with Crippen molar-refractivity contribution in [3.05, 3.63) is 98.7 Å². The number of pyridine rings is 1. The summed E-state index contributed by atoms with van der Waals surface area (Å²) < 4.78 is 34.4. The summed E-state index contributed by atoms with van der Waals surface area (Å²) in [4.78, 5) is 58.6. The number of carboxylic acid groups (broad SMARTS) is 1. The van der Waals surface area contributed by atoms with E-state index in [4.69, 9.17) is 19.9 Å². The molecule has 1 amide bonds. The molecule has 3 N–H and O–H groups in total. The lowest BCUT2D eigenvalue weighted by Gasteiger charge is -2.42. The maximum atomic E-state index is 16.3. The molecule has 2 fully saturated rings. The highest BCUT2D eigenvalue weighted by molar-refractivity contribution is 6.54. The number of halogens is 1. The molecule has 1 saturated carbocycles. The molecule has 2 aromatic heterocycles. The molecule has 8 rings (SSSR count). The van der Waals surface area contributed by atoms with E-state index in [1.807, 2.05) is 49.1 Å². The fourth-order valence-corrected chi connectivity index (χ4v) is 7.88. The maximum absolute atomic E-state index is 16.3. The summed E-state index contributed by atoms with van der Waals surface area (Å²) in [5.74, 6) is -0.686. The molecule has 1 unspecified atom stereocenters. The monoisotopic (exact) mass is 790 g/mol. The second kappa shape index (κ2) is 15.1. The molecule has 0 spiro atoms. The highest BCUT2D eigenvalue weighted by atomic mass is 19.1. The van der Waals surface area contributed by atoms with E-state index in [0.717, 1.165) is 24.0 Å². The minimum absolute atomic E-state index is 0.0424. The molecule has 1 saturated heterocycles. The molecule has 16 heteroatoms. The molecular formula is C42H43FN8O7. The van der Waals surface area contributed by atoms with Crippen LogP contribution in [0.15, 0.2) is 64.6 Å². The van der Waals surface area contributed by atoms with Gasteiger partial charge in [0.25, 0.3) is 11.9 Å². The Morgan fingerprint density at radius 3 is 2.38 bits per heavy atom. The van der Waals surface area contributed by atoms with E-state index in [1.54, 1.807) is 42.0 Å². The minimum atomic E-state index is -1.38. The number of methoxy groups -OCH3 is 3. The van der Waals surface area contributed by atoms with Crippen LogP contribution in [0.2, 0.25) is 0 Å². The van der Waals surface area contributed by atoms with Crippen molar-refractivity contribution in [1.29, 1.82) is 0 Å². The first-order valence-corrected chi connectivity index (χ1v) is 18.9. The molecule has 0 bridgehead atoms. The third kappa shape index (κ3) is 6.82. The predicted octanol–water partition coefficient (Wildman–Crippen LogP) is 5.11. The summed E-state index contributed by atoms with van der Waals surface area (Å²) >= 11 is 0. The lowest BCUT2D eigenvalue weighted by atomic mass is 10.1. The Hall–Kier alpha value is -6.55. The van der Waals surface area contributed by atoms with Gasteiger partial charge in [-0.25, -0.2) is 19.2 Å². The number of aromatic nitrogens is 3. The summed E-state index contributed by atoms with van der Waals surface area (Å²) in [5.41, 5.74) is 9.73. The summed E-state index contributed by atoms with van der Waals surface area (Å²) in [7, 11) is 4.63. The van der Waals surface area contributed by atoms with Crippen LogP contribution in [0.3, 0.4) is 0 Å². The van der Waals surface area contributed by atoms with Crippen LogP contribution in [0.5, 0.6) is 17.2 Å². The van der Waals surface area contributed by atoms with Crippen LogP contribution in [0.1, 0.15) is 58.4 Å². The van der Waals surface area contributed by atoms with Crippen molar-refractivity contribution in [2.24, 2.45) is 4.99 Å². The zero-order valence-corrected chi connectivity index (χ0v) is 32.8. The van der Waals surface area contributed by atoms with Crippen molar-refractivity contribution in [3.63, 3.8) is 0 Å². The molecule has 300 valence electrons. The molecule has 15 nitrogen and oxygen atoms in total. The molecule has 3 aliphatic rings. The first-order chi connectivity index (χ1) is 27.9. The van der Waals surface area contributed by atoms with Gasteiger partial charge in [0.1, 0.15) is 17.1 Å². The number of carboxylic acids is 1. The molecule has 1 aliphatic carbocycles. The van der Waals surface area contributed by atoms with Crippen LogP contribution in [-0.2, 0) is 11.2 Å². The molecule has 5 aromatic rings. The summed E-state index contributed by atoms with van der Waals surface area (Å²) in [6.45, 7) is 5.46. The van der Waals surface area contributed by atoms with Crippen molar-refractivity contribution >= 4 is 51.6 Å². The average molecular weight is 791 g/mol. The number of nitrogens with two attached hydrogens (primary N) is 1. The molecule has 0 radical (unpaired) electrons. The molecule has 4 heterocycles. The van der Waals surface area contributed by atoms with E-state index >= 15 is 4.39 Å². The fourth-order valence-electron chi connectivity index (χ4n) is 7.88. The lowest BCUT2D eigenvalue weighted by Crippen LogP contribution is -2.55. The number of carbonyl (C=O) groups is 2. The number of nitrogens with zero attached hydrogens (tertiary/aromatic N) is 7. The van der Waals surface area contributed by atoms with Crippen molar-refractivity contribution in [2.75, 3.05) is 63.2 Å². The quantitative estimate of drug-likeness (QED) is 0.181. The van der Waals surface area contributed by atoms with Gasteiger partial charge in [-0.15, -0.1) is 0 Å². The molecule has 2 aliphatic heterocycles. The van der Waals surface area contributed by atoms with Gasteiger partial charge in [0.15, 0.2) is 17.3 Å². The van der Waals surface area contributed by atoms with Gasteiger partial charge in [-0.1, -0.05) is 11.6 Å². The number of amides is 1. The van der Waals surface area contributed by atoms with Gasteiger partial charge >= 0.3 is 5.97 Å². The largest absolute Gasteiger partial charge is 0.493 e. The summed E-state index contributed by atoms with van der Waals surface area (Å²) in [6.07, 6.45) is 4.97. The van der Waals surface area contributed by atoms with Gasteiger partial charge < -0.3 is 34.5 Å². The number of rotatable bonds is 11. The Bertz CT molecular complexity index is 2560. The number of aromatic carboxylic acids is 1. The van der Waals surface area contributed by atoms with Crippen LogP contribution >= 0.6 is 0 Å². The van der Waals surface area contributed by atoms with Crippen molar-refractivity contribution in [3.8, 4) is 17.2 Å². The average Bonchev–Trinajstić information content (AvgIpc) is 4.02. The van der Waals surface area contributed by atoms with E-state index in [1.165, 1.54) is 13.3 Å². The second-order valence-corrected chi connectivity index (χ2v) is 14.9. The van der Waals surface area contributed by atoms with Crippen LogP contribution in [0, 0.1) is 12.7 Å². The lowest BCUT2D eigenvalue weighted by molar-refractivity contribution is -0.112. The topological polar surface area (TPSA) is 178 Å². The number of aliphatic imine (C=N–C) groups is 1. The second-order valence-electron chi connectivity index (χ2n) is 14.9. The van der Waals surface area contributed by atoms with E-state index in [9.17, 15) is 19.5 Å². The van der Waals surface area contributed by atoms with E-state index < -0.39 is 22.8 Å². The van der Waals surface area contributed by atoms with Gasteiger partial charge in [-0.3, -0.25) is 19.4 Å². The number of piperazine rings is 1. The predicted molar refractivity (Wildman–Crippen MR) is 217 cm³/mol. The van der Waals surface area contributed by atoms with Crippen LogP contribution < -0.4 is 35.2 Å². The third-order valence-electron chi connectivity index (χ3n) is 11.1. The fraction of sp³-hybridized carbons (Fsp3) is 0.333. The van der Waals surface area contributed by atoms with Gasteiger partial charge in [-0.2, -0.15) is 4.98 Å². The highest BCUT2D eigenvalue weighted by Crippen LogP contribution is 2.40. The number of anilines is 3. The zero-order valence-electron chi connectivity index (χ0n) is 32.8. The van der Waals surface area contributed by atoms with Crippen LogP contribution in [0.4, 0.5) is 27.5 Å². The first kappa shape index (κ1) is 38.3. The normalized spacial score (nSPS) is 17.6. The standard InChI is InChI=1S/C42H43FN8O7/c1-22-6-9-29-27(14-22)36(46-42-45-18-25(39(44)47-42)15-24-16-32(56-3)38(58-5)33(17-24)57-4)40(53)51(29)21-49-13-12-48(19-23(49)2)31-11-10-30-34(35(31)43)37(52)28(41(54)55)20-50(30)26-7-8-26/h6,9-11,14,16-18,20,23,26H,7-8,12-13,15,19,21H2,1-5H3,(H,54,55)(H2,44,45,47)/b46-36+. The number of hydrogen-bond acceptors (Lipinski definition) is 12. The Labute approximate surface area is 333 Å². The minimum Gasteiger partial charge on any atom is -0.493 e. The van der Waals surface area contributed by atoms with Crippen molar-refractivity contribution < 1.29 is 33.3 Å². The number of nitrogen functional groups attached to an aromatic ring is 1. The number of ether oxygens (including phenoxy) is 3. The van der Waals surface area contributed by atoms with Gasteiger partial charge in [-0.05, 0) is 68.7 Å². The van der Waals surface area contributed by atoms with Crippen LogP contribution in [0.25, 0.3) is 10.9 Å². The Balaban J connectivity index is 1.02. The third-order valence-corrected chi connectivity index (χ3v) is 11.1. The van der Waals surface area contributed by atoms with E-state index in [2.05, 4.69) is 19.9 Å². The first-order valence-electron chi connectivity index (χ1n) is 18.9. The van der Waals surface area contributed by atoms with Gasteiger partial charge in [0.2, 0.25) is 11.2 Å². The van der Waals surface area contributed by atoms with E-state index in [-0.39, 0.29) is 53.2 Å². The molecular weight excluding hydrogens is 748 g/mol. The Morgan fingerprint density at radius 2 is 1.74 bits per heavy atom. The SMILES string of the molecule is COc1cc(Cc2cnc(/N=C3/C(=O)N(CN4CCN(c5ccc6c(c5F)c(=O)c(C(=O)O)cn6C5CC5)CC4C)c4ccc(C)cc43)nc2N)cc(OC)c1OC. The van der Waals surface area contributed by atoms with Gasteiger partial charge in [0, 0.05) is 61.7 Å². The Kier molecular flexibility index (Phi) is 9.97. The Morgan fingerprint density at radius 1 is 1.02 bits per heavy atom. The number of benzene rings is 3. The number of fused-ring (bicyclic) bond motifs is 2. The number of hydrogen-bond donors (Lipinski definition) is 2. The molecule has 58 heavy (non-hydrogen) atoms. The van der Waals surface area contributed by atoms with Gasteiger partial charge in [0.05, 0.1) is 50.3 Å². The van der Waals surface area contributed by atoms with E-state index in [0.29, 0.717) is 65.6 Å². The number of aryl methyl sites for hydroxylation is 1. The summed E-state index contributed by atoms with van der Waals surface area (Å²) in [6, 6.07) is 12.7. The number of carbonyl (C=O) groups excluding carboxylic acids is 1. The zero-order chi connectivity index (χ0) is 41.0. The maximum Gasteiger partial charge on any atom is 0.341 e. The highest BCUT2D eigenvalue weighted by Gasteiger charge is 2.38. The van der Waals surface area contributed by atoms with Crippen LogP contribution in [-0.4, -0.2) is 95.8 Å². The summed E-state index contributed by atoms with van der Waals surface area (Å²) in [5, 5.41) is 9.52. The smallest absolute Gasteiger partial charge is 0.341 e. The molecule has 3 aromatic carbocycles. The van der Waals surface area contributed by atoms with Crippen molar-refractivity contribution in [1.82, 2.24) is 19.4 Å².